The molecule has 0 bridgehead atoms. The van der Waals surface area contributed by atoms with Crippen LogP contribution in [0.4, 0.5) is 0 Å². The minimum absolute atomic E-state index is 0.00129. The molecule has 8 nitrogen and oxygen atoms in total. The fourth-order valence-corrected chi connectivity index (χ4v) is 3.42. The number of hydrogen-bond acceptors (Lipinski definition) is 6. The van der Waals surface area contributed by atoms with Gasteiger partial charge in [-0.2, -0.15) is 0 Å². The maximum absolute atomic E-state index is 12.7. The van der Waals surface area contributed by atoms with Crippen molar-refractivity contribution < 1.29 is 17.7 Å². The molecular formula is C17H20N4O4S. The molecule has 0 saturated carbocycles. The summed E-state index contributed by atoms with van der Waals surface area (Å²) in [5.41, 5.74) is 2.05. The zero-order chi connectivity index (χ0) is 18.9. The highest BCUT2D eigenvalue weighted by atomic mass is 32.2. The summed E-state index contributed by atoms with van der Waals surface area (Å²) in [4.78, 5) is 18.6. The van der Waals surface area contributed by atoms with E-state index < -0.39 is 9.84 Å². The van der Waals surface area contributed by atoms with E-state index in [1.54, 1.807) is 30.7 Å². The molecule has 1 aromatic carbocycles. The van der Waals surface area contributed by atoms with E-state index in [2.05, 4.69) is 10.1 Å². The molecule has 0 saturated heterocycles. The average molecular weight is 376 g/mol. The Balaban J connectivity index is 1.86. The van der Waals surface area contributed by atoms with Crippen LogP contribution in [-0.4, -0.2) is 47.2 Å². The van der Waals surface area contributed by atoms with Crippen LogP contribution in [0.5, 0.6) is 0 Å². The highest BCUT2D eigenvalue weighted by molar-refractivity contribution is 7.89. The SMILES string of the molecule is Cc1cc(CN(C)C(=O)Cn2c(CS(C)(=O)=O)nc3ccccc32)no1. The van der Waals surface area contributed by atoms with Gasteiger partial charge in [0, 0.05) is 19.4 Å². The number of rotatable bonds is 6. The quantitative estimate of drug-likeness (QED) is 0.647. The van der Waals surface area contributed by atoms with Crippen molar-refractivity contribution in [2.24, 2.45) is 0 Å². The van der Waals surface area contributed by atoms with Gasteiger partial charge in [0.25, 0.3) is 0 Å². The number of nitrogens with zero attached hydrogens (tertiary/aromatic N) is 4. The minimum atomic E-state index is -3.28. The molecule has 3 rings (SSSR count). The van der Waals surface area contributed by atoms with Crippen LogP contribution < -0.4 is 0 Å². The summed E-state index contributed by atoms with van der Waals surface area (Å²) >= 11 is 0. The second-order valence-corrected chi connectivity index (χ2v) is 8.49. The van der Waals surface area contributed by atoms with Crippen molar-refractivity contribution in [2.75, 3.05) is 13.3 Å². The van der Waals surface area contributed by atoms with Crippen LogP contribution in [0.2, 0.25) is 0 Å². The topological polar surface area (TPSA) is 98.3 Å². The summed E-state index contributed by atoms with van der Waals surface area (Å²) < 4.78 is 30.1. The number of hydrogen-bond donors (Lipinski definition) is 0. The van der Waals surface area contributed by atoms with Gasteiger partial charge in [-0.1, -0.05) is 17.3 Å². The van der Waals surface area contributed by atoms with Crippen LogP contribution in [0.25, 0.3) is 11.0 Å². The number of likely N-dealkylation sites (N-methyl/N-ethyl adjacent to an activating group) is 1. The fraction of sp³-hybridized carbons (Fsp3) is 0.353. The van der Waals surface area contributed by atoms with Crippen LogP contribution in [0.15, 0.2) is 34.9 Å². The smallest absolute Gasteiger partial charge is 0.242 e. The molecule has 1 amide bonds. The third kappa shape index (κ3) is 4.10. The second kappa shape index (κ2) is 6.91. The van der Waals surface area contributed by atoms with E-state index in [1.807, 2.05) is 18.2 Å². The molecule has 26 heavy (non-hydrogen) atoms. The second-order valence-electron chi connectivity index (χ2n) is 6.35. The first-order valence-electron chi connectivity index (χ1n) is 8.01. The normalized spacial score (nSPS) is 11.8. The van der Waals surface area contributed by atoms with Gasteiger partial charge in [0.15, 0.2) is 9.84 Å². The van der Waals surface area contributed by atoms with Gasteiger partial charge < -0.3 is 14.0 Å². The molecule has 0 aliphatic carbocycles. The van der Waals surface area contributed by atoms with Crippen molar-refractivity contribution in [3.05, 3.63) is 47.6 Å². The van der Waals surface area contributed by atoms with Crippen LogP contribution >= 0.6 is 0 Å². The van der Waals surface area contributed by atoms with Crippen LogP contribution in [0.1, 0.15) is 17.3 Å². The predicted octanol–water partition coefficient (Wildman–Crippen LogP) is 1.54. The summed E-state index contributed by atoms with van der Waals surface area (Å²) in [6.07, 6.45) is 1.15. The van der Waals surface area contributed by atoms with Gasteiger partial charge in [-0.25, -0.2) is 13.4 Å². The summed E-state index contributed by atoms with van der Waals surface area (Å²) in [6, 6.07) is 9.04. The van der Waals surface area contributed by atoms with E-state index in [0.717, 1.165) is 11.8 Å². The Kier molecular flexibility index (Phi) is 4.82. The largest absolute Gasteiger partial charge is 0.361 e. The lowest BCUT2D eigenvalue weighted by molar-refractivity contribution is -0.131. The molecule has 3 aromatic rings. The van der Waals surface area contributed by atoms with Crippen molar-refractivity contribution in [1.82, 2.24) is 19.6 Å². The lowest BCUT2D eigenvalue weighted by Gasteiger charge is -2.17. The molecule has 0 radical (unpaired) electrons. The minimum Gasteiger partial charge on any atom is -0.361 e. The number of amides is 1. The molecule has 0 fully saturated rings. The fourth-order valence-electron chi connectivity index (χ4n) is 2.73. The number of carbonyl (C=O) groups excluding carboxylic acids is 1. The number of aryl methyl sites for hydroxylation is 1. The van der Waals surface area contributed by atoms with Crippen molar-refractivity contribution in [3.8, 4) is 0 Å². The van der Waals surface area contributed by atoms with E-state index >= 15 is 0 Å². The maximum atomic E-state index is 12.7. The third-order valence-electron chi connectivity index (χ3n) is 3.92. The average Bonchev–Trinajstić information content (AvgIpc) is 3.10. The van der Waals surface area contributed by atoms with Crippen LogP contribution in [0, 0.1) is 6.92 Å². The molecule has 2 heterocycles. The van der Waals surface area contributed by atoms with Crippen molar-refractivity contribution in [2.45, 2.75) is 25.8 Å². The summed E-state index contributed by atoms with van der Waals surface area (Å²) in [6.45, 7) is 2.09. The first-order valence-corrected chi connectivity index (χ1v) is 10.1. The van der Waals surface area contributed by atoms with Crippen molar-refractivity contribution in [1.29, 1.82) is 0 Å². The highest BCUT2D eigenvalue weighted by Gasteiger charge is 2.19. The molecule has 0 N–H and O–H groups in total. The number of benzene rings is 1. The Morgan fingerprint density at radius 2 is 2.04 bits per heavy atom. The van der Waals surface area contributed by atoms with E-state index in [-0.39, 0.29) is 18.2 Å². The third-order valence-corrected chi connectivity index (χ3v) is 4.70. The van der Waals surface area contributed by atoms with E-state index in [9.17, 15) is 13.2 Å². The van der Waals surface area contributed by atoms with E-state index in [0.29, 0.717) is 29.3 Å². The summed E-state index contributed by atoms with van der Waals surface area (Å²) in [7, 11) is -1.61. The Labute approximate surface area is 151 Å². The molecule has 2 aromatic heterocycles. The highest BCUT2D eigenvalue weighted by Crippen LogP contribution is 2.18. The molecule has 0 atom stereocenters. The number of carbonyl (C=O) groups is 1. The number of para-hydroxylation sites is 2. The molecule has 0 aliphatic heterocycles. The van der Waals surface area contributed by atoms with Gasteiger partial charge in [0.05, 0.1) is 17.6 Å². The standard InChI is InChI=1S/C17H20N4O4S/c1-12-8-13(19-25-12)9-20(2)17(22)10-21-15-7-5-4-6-14(15)18-16(21)11-26(3,23)24/h4-8H,9-11H2,1-3H3. The van der Waals surface area contributed by atoms with Gasteiger partial charge in [-0.05, 0) is 19.1 Å². The first kappa shape index (κ1) is 18.1. The monoisotopic (exact) mass is 376 g/mol. The Hall–Kier alpha value is -2.68. The lowest BCUT2D eigenvalue weighted by Crippen LogP contribution is -2.30. The van der Waals surface area contributed by atoms with E-state index in [4.69, 9.17) is 4.52 Å². The molecule has 0 spiro atoms. The Bertz CT molecular complexity index is 1050. The maximum Gasteiger partial charge on any atom is 0.242 e. The number of aromatic nitrogens is 3. The zero-order valence-corrected chi connectivity index (χ0v) is 15.7. The Morgan fingerprint density at radius 3 is 2.69 bits per heavy atom. The number of sulfone groups is 1. The first-order chi connectivity index (χ1) is 12.2. The van der Waals surface area contributed by atoms with Crippen LogP contribution in [-0.2, 0) is 33.5 Å². The van der Waals surface area contributed by atoms with Gasteiger partial charge in [-0.15, -0.1) is 0 Å². The van der Waals surface area contributed by atoms with Gasteiger partial charge in [0.2, 0.25) is 5.91 Å². The molecular weight excluding hydrogens is 356 g/mol. The van der Waals surface area contributed by atoms with Gasteiger partial charge in [-0.3, -0.25) is 4.79 Å². The Morgan fingerprint density at radius 1 is 1.31 bits per heavy atom. The van der Waals surface area contributed by atoms with Crippen molar-refractivity contribution >= 4 is 26.8 Å². The summed E-state index contributed by atoms with van der Waals surface area (Å²) in [5.74, 6) is 0.634. The van der Waals surface area contributed by atoms with Crippen LogP contribution in [0.3, 0.4) is 0 Å². The number of imidazole rings is 1. The predicted molar refractivity (Wildman–Crippen MR) is 96.0 cm³/mol. The van der Waals surface area contributed by atoms with Crippen molar-refractivity contribution in [3.63, 3.8) is 0 Å². The lowest BCUT2D eigenvalue weighted by atomic mass is 10.3. The van der Waals surface area contributed by atoms with Gasteiger partial charge >= 0.3 is 0 Å². The molecule has 9 heteroatoms. The van der Waals surface area contributed by atoms with Gasteiger partial charge in [0.1, 0.15) is 29.6 Å². The zero-order valence-electron chi connectivity index (χ0n) is 14.8. The van der Waals surface area contributed by atoms with E-state index in [1.165, 1.54) is 4.90 Å². The molecule has 138 valence electrons. The number of fused-ring (bicyclic) bond motifs is 1. The summed E-state index contributed by atoms with van der Waals surface area (Å²) in [5, 5.41) is 3.88. The molecule has 0 unspecified atom stereocenters. The molecule has 0 aliphatic rings.